The summed E-state index contributed by atoms with van der Waals surface area (Å²) in [4.78, 5) is 17.4. The number of amides is 1. The normalized spacial score (nSPS) is 13.7. The van der Waals surface area contributed by atoms with E-state index in [4.69, 9.17) is 0 Å². The Labute approximate surface area is 132 Å². The van der Waals surface area contributed by atoms with E-state index in [9.17, 15) is 9.90 Å². The molecule has 2 aromatic heterocycles. The maximum absolute atomic E-state index is 12.2. The molecule has 1 unspecified atom stereocenters. The van der Waals surface area contributed by atoms with Gasteiger partial charge in [-0.25, -0.2) is 4.98 Å². The highest BCUT2D eigenvalue weighted by atomic mass is 32.1. The highest BCUT2D eigenvalue weighted by Crippen LogP contribution is 2.24. The Bertz CT molecular complexity index is 797. The molecule has 1 atom stereocenters. The molecular weight excluding hydrogens is 296 g/mol. The SMILES string of the molecule is CC(O)(CNC(=O)c1ccc2ccccc2n1)c1cccs1. The molecule has 1 amide bonds. The van der Waals surface area contributed by atoms with Crippen LogP contribution in [0.25, 0.3) is 10.9 Å². The quantitative estimate of drug-likeness (QED) is 0.778. The molecule has 0 spiro atoms. The van der Waals surface area contributed by atoms with Crippen LogP contribution in [0.4, 0.5) is 0 Å². The van der Waals surface area contributed by atoms with Crippen molar-refractivity contribution in [3.05, 3.63) is 64.5 Å². The first-order valence-electron chi connectivity index (χ1n) is 6.97. The van der Waals surface area contributed by atoms with E-state index in [1.165, 1.54) is 11.3 Å². The summed E-state index contributed by atoms with van der Waals surface area (Å²) in [5, 5.41) is 16.1. The number of rotatable bonds is 4. The first-order valence-corrected chi connectivity index (χ1v) is 7.84. The van der Waals surface area contributed by atoms with Crippen LogP contribution < -0.4 is 5.32 Å². The number of nitrogens with zero attached hydrogens (tertiary/aromatic N) is 1. The van der Waals surface area contributed by atoms with Gasteiger partial charge in [-0.1, -0.05) is 30.3 Å². The summed E-state index contributed by atoms with van der Waals surface area (Å²) in [6, 6.07) is 14.9. The van der Waals surface area contributed by atoms with E-state index in [1.54, 1.807) is 13.0 Å². The third kappa shape index (κ3) is 3.00. The molecule has 0 saturated carbocycles. The molecule has 112 valence electrons. The van der Waals surface area contributed by atoms with Gasteiger partial charge < -0.3 is 10.4 Å². The van der Waals surface area contributed by atoms with Crippen LogP contribution in [0, 0.1) is 0 Å². The van der Waals surface area contributed by atoms with E-state index in [0.717, 1.165) is 15.8 Å². The van der Waals surface area contributed by atoms with Crippen molar-refractivity contribution < 1.29 is 9.90 Å². The monoisotopic (exact) mass is 312 g/mol. The predicted molar refractivity (Wildman–Crippen MR) is 88.0 cm³/mol. The molecule has 1 aromatic carbocycles. The number of para-hydroxylation sites is 1. The number of carbonyl (C=O) groups is 1. The first-order chi connectivity index (χ1) is 10.6. The van der Waals surface area contributed by atoms with Crippen LogP contribution in [0.15, 0.2) is 53.9 Å². The van der Waals surface area contributed by atoms with E-state index in [2.05, 4.69) is 10.3 Å². The second kappa shape index (κ2) is 5.87. The molecule has 0 bridgehead atoms. The molecule has 3 rings (SSSR count). The lowest BCUT2D eigenvalue weighted by Crippen LogP contribution is -2.38. The molecule has 0 fully saturated rings. The van der Waals surface area contributed by atoms with Gasteiger partial charge in [0.15, 0.2) is 0 Å². The van der Waals surface area contributed by atoms with E-state index in [-0.39, 0.29) is 12.5 Å². The van der Waals surface area contributed by atoms with Crippen molar-refractivity contribution in [3.8, 4) is 0 Å². The van der Waals surface area contributed by atoms with Gasteiger partial charge >= 0.3 is 0 Å². The fraction of sp³-hybridized carbons (Fsp3) is 0.176. The Balaban J connectivity index is 1.73. The van der Waals surface area contributed by atoms with Gasteiger partial charge in [0.25, 0.3) is 5.91 Å². The largest absolute Gasteiger partial charge is 0.383 e. The van der Waals surface area contributed by atoms with Crippen LogP contribution in [-0.4, -0.2) is 22.5 Å². The zero-order chi connectivity index (χ0) is 15.6. The fourth-order valence-electron chi connectivity index (χ4n) is 2.21. The van der Waals surface area contributed by atoms with Gasteiger partial charge in [0, 0.05) is 10.3 Å². The lowest BCUT2D eigenvalue weighted by Gasteiger charge is -2.22. The zero-order valence-electron chi connectivity index (χ0n) is 12.1. The van der Waals surface area contributed by atoms with Crippen molar-refractivity contribution in [1.29, 1.82) is 0 Å². The van der Waals surface area contributed by atoms with Crippen LogP contribution in [0.5, 0.6) is 0 Å². The van der Waals surface area contributed by atoms with E-state index in [1.807, 2.05) is 47.8 Å². The number of nitrogens with one attached hydrogen (secondary N) is 1. The summed E-state index contributed by atoms with van der Waals surface area (Å²) in [5.74, 6) is -0.289. The second-order valence-electron chi connectivity index (χ2n) is 5.32. The molecule has 5 heteroatoms. The molecule has 0 saturated heterocycles. The van der Waals surface area contributed by atoms with Crippen LogP contribution in [-0.2, 0) is 5.60 Å². The number of thiophene rings is 1. The summed E-state index contributed by atoms with van der Waals surface area (Å²) in [6.07, 6.45) is 0. The minimum atomic E-state index is -1.08. The minimum absolute atomic E-state index is 0.140. The highest BCUT2D eigenvalue weighted by Gasteiger charge is 2.25. The minimum Gasteiger partial charge on any atom is -0.383 e. The molecule has 3 aromatic rings. The second-order valence-corrected chi connectivity index (χ2v) is 6.27. The standard InChI is InChI=1S/C17H16N2O2S/c1-17(21,15-7-4-10-22-15)11-18-16(20)14-9-8-12-5-2-3-6-13(12)19-14/h2-10,21H,11H2,1H3,(H,18,20). The molecule has 0 aliphatic carbocycles. The Kier molecular flexibility index (Phi) is 3.92. The molecular formula is C17H16N2O2S. The van der Waals surface area contributed by atoms with Crippen molar-refractivity contribution >= 4 is 28.1 Å². The van der Waals surface area contributed by atoms with E-state index < -0.39 is 5.60 Å². The number of aromatic nitrogens is 1. The molecule has 0 aliphatic heterocycles. The maximum Gasteiger partial charge on any atom is 0.270 e. The maximum atomic E-state index is 12.2. The zero-order valence-corrected chi connectivity index (χ0v) is 12.9. The van der Waals surface area contributed by atoms with Gasteiger partial charge in [0.2, 0.25) is 0 Å². The lowest BCUT2D eigenvalue weighted by atomic mass is 10.1. The van der Waals surface area contributed by atoms with Gasteiger partial charge in [-0.2, -0.15) is 0 Å². The average Bonchev–Trinajstić information content (AvgIpc) is 3.07. The Morgan fingerprint density at radius 2 is 2.05 bits per heavy atom. The first kappa shape index (κ1) is 14.7. The van der Waals surface area contributed by atoms with Crippen molar-refractivity contribution in [1.82, 2.24) is 10.3 Å². The third-order valence-corrected chi connectivity index (χ3v) is 4.60. The van der Waals surface area contributed by atoms with E-state index >= 15 is 0 Å². The van der Waals surface area contributed by atoms with Crippen LogP contribution in [0.2, 0.25) is 0 Å². The van der Waals surface area contributed by atoms with Crippen LogP contribution in [0.1, 0.15) is 22.3 Å². The smallest absolute Gasteiger partial charge is 0.270 e. The van der Waals surface area contributed by atoms with Gasteiger partial charge in [0.1, 0.15) is 11.3 Å². The number of benzene rings is 1. The number of aliphatic hydroxyl groups is 1. The Hall–Kier alpha value is -2.24. The molecule has 2 heterocycles. The Morgan fingerprint density at radius 1 is 1.23 bits per heavy atom. The third-order valence-electron chi connectivity index (χ3n) is 3.48. The summed E-state index contributed by atoms with van der Waals surface area (Å²) in [7, 11) is 0. The number of fused-ring (bicyclic) bond motifs is 1. The topological polar surface area (TPSA) is 62.2 Å². The van der Waals surface area contributed by atoms with Crippen molar-refractivity contribution in [2.75, 3.05) is 6.54 Å². The predicted octanol–water partition coefficient (Wildman–Crippen LogP) is 2.93. The van der Waals surface area contributed by atoms with Crippen LogP contribution in [0.3, 0.4) is 0 Å². The number of carbonyl (C=O) groups excluding carboxylic acids is 1. The number of hydrogen-bond acceptors (Lipinski definition) is 4. The molecule has 0 aliphatic rings. The van der Waals surface area contributed by atoms with E-state index in [0.29, 0.717) is 5.69 Å². The number of pyridine rings is 1. The van der Waals surface area contributed by atoms with Gasteiger partial charge in [-0.3, -0.25) is 4.79 Å². The lowest BCUT2D eigenvalue weighted by molar-refractivity contribution is 0.0555. The van der Waals surface area contributed by atoms with Gasteiger partial charge in [0.05, 0.1) is 12.1 Å². The van der Waals surface area contributed by atoms with Gasteiger partial charge in [-0.15, -0.1) is 11.3 Å². The van der Waals surface area contributed by atoms with Crippen molar-refractivity contribution in [2.45, 2.75) is 12.5 Å². The Morgan fingerprint density at radius 3 is 2.82 bits per heavy atom. The molecule has 2 N–H and O–H groups in total. The molecule has 0 radical (unpaired) electrons. The summed E-state index contributed by atoms with van der Waals surface area (Å²) < 4.78 is 0. The van der Waals surface area contributed by atoms with Crippen LogP contribution >= 0.6 is 11.3 Å². The van der Waals surface area contributed by atoms with Gasteiger partial charge in [-0.05, 0) is 30.5 Å². The highest BCUT2D eigenvalue weighted by molar-refractivity contribution is 7.10. The number of hydrogen-bond donors (Lipinski definition) is 2. The summed E-state index contributed by atoms with van der Waals surface area (Å²) >= 11 is 1.46. The molecule has 4 nitrogen and oxygen atoms in total. The van der Waals surface area contributed by atoms with Crippen molar-refractivity contribution in [3.63, 3.8) is 0 Å². The summed E-state index contributed by atoms with van der Waals surface area (Å²) in [6.45, 7) is 1.83. The summed E-state index contributed by atoms with van der Waals surface area (Å²) in [5.41, 5.74) is 0.0431. The molecule has 22 heavy (non-hydrogen) atoms. The van der Waals surface area contributed by atoms with Crippen molar-refractivity contribution in [2.24, 2.45) is 0 Å². The average molecular weight is 312 g/mol. The fourth-order valence-corrected chi connectivity index (χ4v) is 2.99.